The van der Waals surface area contributed by atoms with Gasteiger partial charge in [-0.1, -0.05) is 51.1 Å². The molecule has 1 aromatic carbocycles. The van der Waals surface area contributed by atoms with Crippen molar-refractivity contribution in [3.63, 3.8) is 0 Å². The fourth-order valence-electron chi connectivity index (χ4n) is 2.51. The van der Waals surface area contributed by atoms with Crippen LogP contribution in [0.1, 0.15) is 58.4 Å². The monoisotopic (exact) mass is 369 g/mol. The Balaban J connectivity index is 1.87. The SMILES string of the molecule is CC(C)(C)OC(=O)Nc1cccc(CNCc2ccc(C(C)(C)C)cc2)n1. The number of aromatic nitrogens is 1. The van der Waals surface area contributed by atoms with Crippen LogP contribution in [0.5, 0.6) is 0 Å². The van der Waals surface area contributed by atoms with Gasteiger partial charge in [0.15, 0.2) is 0 Å². The summed E-state index contributed by atoms with van der Waals surface area (Å²) in [6.07, 6.45) is -0.501. The molecule has 5 nitrogen and oxygen atoms in total. The van der Waals surface area contributed by atoms with Crippen molar-refractivity contribution in [2.24, 2.45) is 0 Å². The third kappa shape index (κ3) is 7.39. The molecule has 0 bridgehead atoms. The van der Waals surface area contributed by atoms with E-state index >= 15 is 0 Å². The maximum Gasteiger partial charge on any atom is 0.413 e. The number of carbonyl (C=O) groups excluding carboxylic acids is 1. The van der Waals surface area contributed by atoms with E-state index < -0.39 is 11.7 Å². The van der Waals surface area contributed by atoms with Gasteiger partial charge >= 0.3 is 6.09 Å². The lowest BCUT2D eigenvalue weighted by Crippen LogP contribution is -2.27. The molecule has 2 N–H and O–H groups in total. The van der Waals surface area contributed by atoms with Crippen LogP contribution in [0.25, 0.3) is 0 Å². The van der Waals surface area contributed by atoms with Crippen molar-refractivity contribution in [3.8, 4) is 0 Å². The number of amides is 1. The lowest BCUT2D eigenvalue weighted by Gasteiger charge is -2.19. The van der Waals surface area contributed by atoms with E-state index in [9.17, 15) is 4.79 Å². The standard InChI is InChI=1S/C22H31N3O2/c1-21(2,3)17-12-10-16(11-13-17)14-23-15-18-8-7-9-19(24-18)25-20(26)27-22(4,5)6/h7-13,23H,14-15H2,1-6H3,(H,24,25,26). The van der Waals surface area contributed by atoms with Crippen LogP contribution in [0.2, 0.25) is 0 Å². The molecule has 0 aliphatic heterocycles. The van der Waals surface area contributed by atoms with Crippen molar-refractivity contribution < 1.29 is 9.53 Å². The highest BCUT2D eigenvalue weighted by Crippen LogP contribution is 2.22. The minimum absolute atomic E-state index is 0.164. The predicted molar refractivity (Wildman–Crippen MR) is 110 cm³/mol. The van der Waals surface area contributed by atoms with Crippen molar-refractivity contribution in [1.29, 1.82) is 0 Å². The average molecular weight is 370 g/mol. The second-order valence-electron chi connectivity index (χ2n) is 8.69. The Bertz CT molecular complexity index is 756. The van der Waals surface area contributed by atoms with Gasteiger partial charge in [0.05, 0.1) is 5.69 Å². The summed E-state index contributed by atoms with van der Waals surface area (Å²) >= 11 is 0. The summed E-state index contributed by atoms with van der Waals surface area (Å²) in [5, 5.41) is 6.06. The first-order valence-corrected chi connectivity index (χ1v) is 9.29. The highest BCUT2D eigenvalue weighted by molar-refractivity contribution is 5.83. The van der Waals surface area contributed by atoms with Crippen molar-refractivity contribution >= 4 is 11.9 Å². The number of pyridine rings is 1. The summed E-state index contributed by atoms with van der Waals surface area (Å²) in [6, 6.07) is 14.2. The molecular formula is C22H31N3O2. The third-order valence-electron chi connectivity index (χ3n) is 3.89. The highest BCUT2D eigenvalue weighted by atomic mass is 16.6. The van der Waals surface area contributed by atoms with Gasteiger partial charge in [0.2, 0.25) is 0 Å². The van der Waals surface area contributed by atoms with Crippen LogP contribution >= 0.6 is 0 Å². The quantitative estimate of drug-likeness (QED) is 0.777. The van der Waals surface area contributed by atoms with Crippen molar-refractivity contribution in [2.75, 3.05) is 5.32 Å². The Labute approximate surface area is 162 Å². The van der Waals surface area contributed by atoms with Crippen LogP contribution in [0.4, 0.5) is 10.6 Å². The van der Waals surface area contributed by atoms with Crippen LogP contribution in [0.3, 0.4) is 0 Å². The van der Waals surface area contributed by atoms with Gasteiger partial charge in [0.1, 0.15) is 11.4 Å². The minimum atomic E-state index is -0.536. The van der Waals surface area contributed by atoms with E-state index in [0.29, 0.717) is 12.4 Å². The summed E-state index contributed by atoms with van der Waals surface area (Å²) in [5.74, 6) is 0.484. The summed E-state index contributed by atoms with van der Waals surface area (Å²) < 4.78 is 5.25. The number of hydrogen-bond acceptors (Lipinski definition) is 4. The van der Waals surface area contributed by atoms with Crippen molar-refractivity contribution in [2.45, 2.75) is 65.6 Å². The average Bonchev–Trinajstić information content (AvgIpc) is 2.53. The molecule has 1 aromatic heterocycles. The van der Waals surface area contributed by atoms with Crippen LogP contribution in [0.15, 0.2) is 42.5 Å². The molecule has 0 radical (unpaired) electrons. The Hall–Kier alpha value is -2.40. The lowest BCUT2D eigenvalue weighted by molar-refractivity contribution is 0.0635. The molecule has 146 valence electrons. The molecule has 0 aliphatic rings. The first-order chi connectivity index (χ1) is 12.5. The molecule has 0 unspecified atom stereocenters. The van der Waals surface area contributed by atoms with Crippen molar-refractivity contribution in [3.05, 3.63) is 59.3 Å². The van der Waals surface area contributed by atoms with Gasteiger partial charge < -0.3 is 10.1 Å². The molecule has 0 aliphatic carbocycles. The number of benzene rings is 1. The molecule has 0 spiro atoms. The summed E-state index contributed by atoms with van der Waals surface area (Å²) in [6.45, 7) is 13.5. The molecule has 2 rings (SSSR count). The number of anilines is 1. The highest BCUT2D eigenvalue weighted by Gasteiger charge is 2.16. The molecule has 0 saturated heterocycles. The van der Waals surface area contributed by atoms with E-state index in [-0.39, 0.29) is 5.41 Å². The largest absolute Gasteiger partial charge is 0.444 e. The van der Waals surface area contributed by atoms with Gasteiger partial charge in [-0.15, -0.1) is 0 Å². The maximum absolute atomic E-state index is 11.8. The third-order valence-corrected chi connectivity index (χ3v) is 3.89. The molecule has 27 heavy (non-hydrogen) atoms. The van der Waals surface area contributed by atoms with Gasteiger partial charge in [-0.2, -0.15) is 0 Å². The number of rotatable bonds is 5. The number of nitrogens with zero attached hydrogens (tertiary/aromatic N) is 1. The van der Waals surface area contributed by atoms with Gasteiger partial charge in [-0.3, -0.25) is 5.32 Å². The van der Waals surface area contributed by atoms with E-state index in [1.807, 2.05) is 32.9 Å². The van der Waals surface area contributed by atoms with Crippen molar-refractivity contribution in [1.82, 2.24) is 10.3 Å². The smallest absolute Gasteiger partial charge is 0.413 e. The maximum atomic E-state index is 11.8. The molecular weight excluding hydrogens is 338 g/mol. The Morgan fingerprint density at radius 2 is 1.63 bits per heavy atom. The number of hydrogen-bond donors (Lipinski definition) is 2. The van der Waals surface area contributed by atoms with Gasteiger partial charge in [0, 0.05) is 13.1 Å². The fourth-order valence-corrected chi connectivity index (χ4v) is 2.51. The Morgan fingerprint density at radius 3 is 2.22 bits per heavy atom. The minimum Gasteiger partial charge on any atom is -0.444 e. The molecule has 0 atom stereocenters. The summed E-state index contributed by atoms with van der Waals surface area (Å²) in [5.41, 5.74) is 3.04. The molecule has 1 amide bonds. The van der Waals surface area contributed by atoms with E-state index in [4.69, 9.17) is 4.74 Å². The van der Waals surface area contributed by atoms with Crippen LogP contribution in [-0.2, 0) is 23.2 Å². The number of nitrogens with one attached hydrogen (secondary N) is 2. The molecule has 2 aromatic rings. The zero-order valence-corrected chi connectivity index (χ0v) is 17.2. The molecule has 5 heteroatoms. The normalized spacial score (nSPS) is 11.9. The topological polar surface area (TPSA) is 63.2 Å². The molecule has 1 heterocycles. The summed E-state index contributed by atoms with van der Waals surface area (Å²) in [4.78, 5) is 16.3. The van der Waals surface area contributed by atoms with Gasteiger partial charge in [0.25, 0.3) is 0 Å². The van der Waals surface area contributed by atoms with Gasteiger partial charge in [-0.25, -0.2) is 9.78 Å². The molecule has 0 saturated carbocycles. The fraction of sp³-hybridized carbons (Fsp3) is 0.455. The zero-order chi connectivity index (χ0) is 20.1. The second-order valence-corrected chi connectivity index (χ2v) is 8.69. The van der Waals surface area contributed by atoms with E-state index in [1.54, 1.807) is 6.07 Å². The Kier molecular flexibility index (Phi) is 6.60. The van der Waals surface area contributed by atoms with E-state index in [1.165, 1.54) is 11.1 Å². The van der Waals surface area contributed by atoms with Gasteiger partial charge in [-0.05, 0) is 49.4 Å². The lowest BCUT2D eigenvalue weighted by atomic mass is 9.87. The van der Waals surface area contributed by atoms with E-state index in [0.717, 1.165) is 12.2 Å². The second kappa shape index (κ2) is 8.53. The summed E-state index contributed by atoms with van der Waals surface area (Å²) in [7, 11) is 0. The Morgan fingerprint density at radius 1 is 0.963 bits per heavy atom. The number of carbonyl (C=O) groups is 1. The first-order valence-electron chi connectivity index (χ1n) is 9.29. The van der Waals surface area contributed by atoms with Crippen LogP contribution < -0.4 is 10.6 Å². The van der Waals surface area contributed by atoms with Crippen LogP contribution in [-0.4, -0.2) is 16.7 Å². The van der Waals surface area contributed by atoms with E-state index in [2.05, 4.69) is 60.7 Å². The van der Waals surface area contributed by atoms with Crippen LogP contribution in [0, 0.1) is 0 Å². The molecule has 0 fully saturated rings. The first kappa shape index (κ1) is 20.9. The number of ether oxygens (including phenoxy) is 1. The zero-order valence-electron chi connectivity index (χ0n) is 17.2. The predicted octanol–water partition coefficient (Wildman–Crippen LogP) is 5.02.